The van der Waals surface area contributed by atoms with Crippen molar-refractivity contribution in [2.24, 2.45) is 5.73 Å². The van der Waals surface area contributed by atoms with Gasteiger partial charge in [0.2, 0.25) is 5.91 Å². The van der Waals surface area contributed by atoms with Crippen LogP contribution in [0.25, 0.3) is 0 Å². The Morgan fingerprint density at radius 3 is 2.16 bits per heavy atom. The number of unbranched alkanes of at least 4 members (excludes halogenated alkanes) is 1. The fraction of sp³-hybridized carbons (Fsp3) is 0.579. The molecule has 144 valence electrons. The summed E-state index contributed by atoms with van der Waals surface area (Å²) in [4.78, 5) is 22.7. The second-order valence-electron chi connectivity index (χ2n) is 4.94. The number of likely N-dealkylation sites (N-methyl/N-ethyl adjacent to an activating group) is 1. The van der Waals surface area contributed by atoms with Crippen LogP contribution in [0.15, 0.2) is 30.3 Å². The number of nitrogens with two attached hydrogens (primary N) is 1. The average molecular weight is 354 g/mol. The van der Waals surface area contributed by atoms with Gasteiger partial charge in [0.15, 0.2) is 0 Å². The van der Waals surface area contributed by atoms with Gasteiger partial charge in [-0.1, -0.05) is 32.0 Å². The molecule has 0 aliphatic rings. The average Bonchev–Trinajstić information content (AvgIpc) is 2.66. The lowest BCUT2D eigenvalue weighted by Gasteiger charge is -2.11. The summed E-state index contributed by atoms with van der Waals surface area (Å²) in [6.07, 6.45) is 2.35. The van der Waals surface area contributed by atoms with Gasteiger partial charge in [-0.3, -0.25) is 9.59 Å². The highest BCUT2D eigenvalue weighted by Crippen LogP contribution is 2.01. The van der Waals surface area contributed by atoms with Crippen molar-refractivity contribution in [1.29, 1.82) is 0 Å². The predicted molar refractivity (Wildman–Crippen MR) is 104 cm³/mol. The van der Waals surface area contributed by atoms with Gasteiger partial charge in [0, 0.05) is 25.8 Å². The maximum absolute atomic E-state index is 11.7. The summed E-state index contributed by atoms with van der Waals surface area (Å²) < 4.78 is 4.54. The Morgan fingerprint density at radius 1 is 1.16 bits per heavy atom. The zero-order valence-electron chi connectivity index (χ0n) is 16.3. The molecule has 0 spiro atoms. The van der Waals surface area contributed by atoms with Crippen molar-refractivity contribution in [2.45, 2.75) is 46.1 Å². The number of rotatable bonds is 9. The minimum Gasteiger partial charge on any atom is -0.385 e. The van der Waals surface area contributed by atoms with Crippen LogP contribution in [0.4, 0.5) is 0 Å². The van der Waals surface area contributed by atoms with Crippen molar-refractivity contribution in [1.82, 2.24) is 10.6 Å². The monoisotopic (exact) mass is 353 g/mol. The number of ether oxygens (including phenoxy) is 1. The van der Waals surface area contributed by atoms with E-state index in [1.54, 1.807) is 26.3 Å². The zero-order chi connectivity index (χ0) is 19.5. The van der Waals surface area contributed by atoms with E-state index in [1.165, 1.54) is 0 Å². The molecule has 2 amide bonds. The molecule has 0 heterocycles. The minimum absolute atomic E-state index is 0.0688. The van der Waals surface area contributed by atoms with E-state index in [2.05, 4.69) is 15.4 Å². The fourth-order valence-corrected chi connectivity index (χ4v) is 1.80. The summed E-state index contributed by atoms with van der Waals surface area (Å²) in [7, 11) is 3.40. The van der Waals surface area contributed by atoms with Crippen LogP contribution in [0.1, 0.15) is 50.4 Å². The van der Waals surface area contributed by atoms with E-state index in [-0.39, 0.29) is 17.9 Å². The van der Waals surface area contributed by atoms with Gasteiger partial charge in [0.25, 0.3) is 5.91 Å². The van der Waals surface area contributed by atoms with Crippen molar-refractivity contribution < 1.29 is 14.3 Å². The van der Waals surface area contributed by atoms with Gasteiger partial charge in [-0.15, -0.1) is 0 Å². The van der Waals surface area contributed by atoms with Gasteiger partial charge in [0.1, 0.15) is 0 Å². The first-order valence-electron chi connectivity index (χ1n) is 8.85. The standard InChI is InChI=1S/C14H21N3O2.C3H8O.C2H6/c1-16-12(13(15)18)9-5-6-10-17-14(19)11-7-3-2-4-8-11;1-3-4-2;1-2/h2-4,7-8,12,16H,5-6,9-10H2,1H3,(H2,15,18)(H,17,19);3H2,1-2H3;1-2H3/t12-;;/m0../s1. The third kappa shape index (κ3) is 14.2. The van der Waals surface area contributed by atoms with E-state index in [1.807, 2.05) is 39.0 Å². The van der Waals surface area contributed by atoms with Crippen LogP contribution >= 0.6 is 0 Å². The minimum atomic E-state index is -0.337. The van der Waals surface area contributed by atoms with Gasteiger partial charge >= 0.3 is 0 Å². The third-order valence-electron chi connectivity index (χ3n) is 3.22. The first-order valence-corrected chi connectivity index (χ1v) is 8.85. The number of carbonyl (C=O) groups excluding carboxylic acids is 2. The summed E-state index contributed by atoms with van der Waals surface area (Å²) in [6.45, 7) is 7.38. The lowest BCUT2D eigenvalue weighted by atomic mass is 10.1. The Kier molecular flexibility index (Phi) is 18.7. The second kappa shape index (κ2) is 18.4. The Balaban J connectivity index is 0. The van der Waals surface area contributed by atoms with Crippen LogP contribution in [-0.2, 0) is 9.53 Å². The summed E-state index contributed by atoms with van der Waals surface area (Å²) in [5.74, 6) is -0.406. The van der Waals surface area contributed by atoms with Gasteiger partial charge in [-0.05, 0) is 45.4 Å². The van der Waals surface area contributed by atoms with Gasteiger partial charge < -0.3 is 21.1 Å². The molecule has 1 aromatic carbocycles. The van der Waals surface area contributed by atoms with Gasteiger partial charge in [-0.2, -0.15) is 0 Å². The van der Waals surface area contributed by atoms with Crippen molar-refractivity contribution in [2.75, 3.05) is 27.3 Å². The Labute approximate surface area is 152 Å². The maximum atomic E-state index is 11.7. The molecule has 0 bridgehead atoms. The Bertz CT molecular complexity index is 437. The molecule has 1 atom stereocenters. The summed E-state index contributed by atoms with van der Waals surface area (Å²) in [5, 5.41) is 5.71. The largest absolute Gasteiger partial charge is 0.385 e. The van der Waals surface area contributed by atoms with E-state index in [0.717, 1.165) is 19.4 Å². The van der Waals surface area contributed by atoms with Crippen LogP contribution in [0, 0.1) is 0 Å². The van der Waals surface area contributed by atoms with E-state index >= 15 is 0 Å². The molecule has 0 aromatic heterocycles. The van der Waals surface area contributed by atoms with Crippen LogP contribution in [0.5, 0.6) is 0 Å². The van der Waals surface area contributed by atoms with E-state index in [9.17, 15) is 9.59 Å². The van der Waals surface area contributed by atoms with Crippen LogP contribution in [-0.4, -0.2) is 45.2 Å². The topological polar surface area (TPSA) is 93.4 Å². The van der Waals surface area contributed by atoms with Crippen molar-refractivity contribution in [3.63, 3.8) is 0 Å². The highest BCUT2D eigenvalue weighted by molar-refractivity contribution is 5.94. The molecule has 25 heavy (non-hydrogen) atoms. The number of primary amides is 1. The normalized spacial score (nSPS) is 10.4. The summed E-state index contributed by atoms with van der Waals surface area (Å²) in [6, 6.07) is 8.81. The Hall–Kier alpha value is -1.92. The highest BCUT2D eigenvalue weighted by Gasteiger charge is 2.11. The quantitative estimate of drug-likeness (QED) is 0.594. The van der Waals surface area contributed by atoms with E-state index < -0.39 is 0 Å². The first kappa shape index (κ1) is 25.3. The molecule has 0 radical (unpaired) electrons. The summed E-state index contributed by atoms with van der Waals surface area (Å²) in [5.41, 5.74) is 5.87. The molecule has 0 unspecified atom stereocenters. The van der Waals surface area contributed by atoms with Gasteiger partial charge in [-0.25, -0.2) is 0 Å². The predicted octanol–water partition coefficient (Wildman–Crippen LogP) is 2.34. The number of hydrogen-bond acceptors (Lipinski definition) is 4. The molecule has 4 N–H and O–H groups in total. The maximum Gasteiger partial charge on any atom is 0.251 e. The molecular formula is C19H35N3O3. The highest BCUT2D eigenvalue weighted by atomic mass is 16.5. The molecule has 0 saturated carbocycles. The third-order valence-corrected chi connectivity index (χ3v) is 3.22. The van der Waals surface area contributed by atoms with E-state index in [4.69, 9.17) is 5.73 Å². The molecule has 1 rings (SSSR count). The molecule has 0 fully saturated rings. The lowest BCUT2D eigenvalue weighted by Crippen LogP contribution is -2.39. The fourth-order valence-electron chi connectivity index (χ4n) is 1.80. The Morgan fingerprint density at radius 2 is 1.72 bits per heavy atom. The molecular weight excluding hydrogens is 318 g/mol. The van der Waals surface area contributed by atoms with Gasteiger partial charge in [0.05, 0.1) is 6.04 Å². The van der Waals surface area contributed by atoms with Crippen LogP contribution < -0.4 is 16.4 Å². The molecule has 6 nitrogen and oxygen atoms in total. The molecule has 1 aromatic rings. The molecule has 0 aliphatic heterocycles. The van der Waals surface area contributed by atoms with Crippen molar-refractivity contribution >= 4 is 11.8 Å². The smallest absolute Gasteiger partial charge is 0.251 e. The van der Waals surface area contributed by atoms with E-state index in [0.29, 0.717) is 18.5 Å². The molecule has 0 saturated heterocycles. The summed E-state index contributed by atoms with van der Waals surface area (Å²) >= 11 is 0. The second-order valence-corrected chi connectivity index (χ2v) is 4.94. The molecule has 6 heteroatoms. The van der Waals surface area contributed by atoms with Crippen LogP contribution in [0.3, 0.4) is 0 Å². The number of hydrogen-bond donors (Lipinski definition) is 3. The number of carbonyl (C=O) groups is 2. The van der Waals surface area contributed by atoms with Crippen LogP contribution in [0.2, 0.25) is 0 Å². The number of benzene rings is 1. The van der Waals surface area contributed by atoms with Crippen molar-refractivity contribution in [3.05, 3.63) is 35.9 Å². The first-order chi connectivity index (χ1) is 12.1. The zero-order valence-corrected chi connectivity index (χ0v) is 16.3. The number of amides is 2. The lowest BCUT2D eigenvalue weighted by molar-refractivity contribution is -0.120. The number of methoxy groups -OCH3 is 1. The SMILES string of the molecule is CC.CCOC.CN[C@@H](CCCCNC(=O)c1ccccc1)C(N)=O. The molecule has 0 aliphatic carbocycles. The van der Waals surface area contributed by atoms with Crippen molar-refractivity contribution in [3.8, 4) is 0 Å². The number of nitrogens with one attached hydrogen (secondary N) is 2.